The summed E-state index contributed by atoms with van der Waals surface area (Å²) in [7, 11) is 0. The third-order valence-electron chi connectivity index (χ3n) is 3.07. The van der Waals surface area contributed by atoms with Crippen LogP contribution < -0.4 is 0 Å². The SMILES string of the molecule is Clc1ccc(-c2nnc3sc(-c4cccnc4)nn23)c(Cl)c1. The minimum absolute atomic E-state index is 0.512. The molecule has 5 nitrogen and oxygen atoms in total. The number of halogens is 2. The van der Waals surface area contributed by atoms with Crippen LogP contribution in [0.3, 0.4) is 0 Å². The highest BCUT2D eigenvalue weighted by Crippen LogP contribution is 2.32. The van der Waals surface area contributed by atoms with Gasteiger partial charge >= 0.3 is 0 Å². The van der Waals surface area contributed by atoms with Crippen LogP contribution in [0.5, 0.6) is 0 Å². The van der Waals surface area contributed by atoms with Gasteiger partial charge in [-0.2, -0.15) is 9.61 Å². The third kappa shape index (κ3) is 2.25. The van der Waals surface area contributed by atoms with Crippen LogP contribution in [0.15, 0.2) is 42.7 Å². The summed E-state index contributed by atoms with van der Waals surface area (Å²) in [6.45, 7) is 0. The van der Waals surface area contributed by atoms with Gasteiger partial charge in [-0.05, 0) is 30.3 Å². The number of fused-ring (bicyclic) bond motifs is 1. The molecule has 0 N–H and O–H groups in total. The molecule has 0 fully saturated rings. The average molecular weight is 348 g/mol. The fraction of sp³-hybridized carbons (Fsp3) is 0. The fourth-order valence-electron chi connectivity index (χ4n) is 2.06. The molecule has 3 aromatic heterocycles. The Morgan fingerprint density at radius 1 is 1.09 bits per heavy atom. The van der Waals surface area contributed by atoms with Gasteiger partial charge in [0.1, 0.15) is 5.01 Å². The topological polar surface area (TPSA) is 56.0 Å². The average Bonchev–Trinajstić information content (AvgIpc) is 3.09. The molecule has 0 aliphatic heterocycles. The smallest absolute Gasteiger partial charge is 0.235 e. The molecular weight excluding hydrogens is 341 g/mol. The van der Waals surface area contributed by atoms with Crippen LogP contribution in [0, 0.1) is 0 Å². The Morgan fingerprint density at radius 2 is 2.00 bits per heavy atom. The van der Waals surface area contributed by atoms with E-state index in [9.17, 15) is 0 Å². The monoisotopic (exact) mass is 347 g/mol. The van der Waals surface area contributed by atoms with Gasteiger partial charge in [-0.15, -0.1) is 10.2 Å². The molecule has 0 aliphatic rings. The molecule has 0 atom stereocenters. The van der Waals surface area contributed by atoms with E-state index in [4.69, 9.17) is 23.2 Å². The number of benzene rings is 1. The molecular formula is C14H7Cl2N5S. The van der Waals surface area contributed by atoms with Crippen molar-refractivity contribution < 1.29 is 0 Å². The largest absolute Gasteiger partial charge is 0.264 e. The van der Waals surface area contributed by atoms with Crippen LogP contribution in [0.25, 0.3) is 26.9 Å². The molecule has 8 heteroatoms. The van der Waals surface area contributed by atoms with Crippen LogP contribution in [0.1, 0.15) is 0 Å². The van der Waals surface area contributed by atoms with Crippen molar-refractivity contribution in [3.8, 4) is 22.0 Å². The summed E-state index contributed by atoms with van der Waals surface area (Å²) in [4.78, 5) is 4.80. The Kier molecular flexibility index (Phi) is 3.29. The van der Waals surface area contributed by atoms with E-state index < -0.39 is 0 Å². The minimum Gasteiger partial charge on any atom is -0.264 e. The summed E-state index contributed by atoms with van der Waals surface area (Å²) in [5.41, 5.74) is 1.67. The standard InChI is InChI=1S/C14H7Cl2N5S/c15-9-3-4-10(11(16)6-9)12-18-19-14-21(12)20-13(22-14)8-2-1-5-17-7-8/h1-7H. The van der Waals surface area contributed by atoms with Crippen LogP contribution in [-0.4, -0.2) is 24.8 Å². The Bertz CT molecular complexity index is 964. The minimum atomic E-state index is 0.512. The Morgan fingerprint density at radius 3 is 2.77 bits per heavy atom. The zero-order valence-corrected chi connectivity index (χ0v) is 13.3. The van der Waals surface area contributed by atoms with Crippen molar-refractivity contribution in [3.63, 3.8) is 0 Å². The van der Waals surface area contributed by atoms with Crippen molar-refractivity contribution in [3.05, 3.63) is 52.8 Å². The lowest BCUT2D eigenvalue weighted by molar-refractivity contribution is 0.970. The molecule has 0 saturated carbocycles. The van der Waals surface area contributed by atoms with Crippen LogP contribution in [0.2, 0.25) is 10.0 Å². The Hall–Kier alpha value is -2.02. The molecule has 108 valence electrons. The van der Waals surface area contributed by atoms with Gasteiger partial charge in [-0.25, -0.2) is 0 Å². The predicted octanol–water partition coefficient (Wildman–Crippen LogP) is 4.22. The Labute approximate surface area is 139 Å². The van der Waals surface area contributed by atoms with Crippen molar-refractivity contribution in [1.29, 1.82) is 0 Å². The van der Waals surface area contributed by atoms with E-state index in [1.807, 2.05) is 18.2 Å². The molecule has 1 aromatic carbocycles. The van der Waals surface area contributed by atoms with E-state index in [0.29, 0.717) is 20.8 Å². The summed E-state index contributed by atoms with van der Waals surface area (Å²) >= 11 is 13.6. The zero-order valence-electron chi connectivity index (χ0n) is 10.9. The second-order valence-corrected chi connectivity index (χ2v) is 6.29. The molecule has 4 aromatic rings. The van der Waals surface area contributed by atoms with E-state index in [-0.39, 0.29) is 0 Å². The first kappa shape index (κ1) is 13.6. The van der Waals surface area contributed by atoms with E-state index >= 15 is 0 Å². The van der Waals surface area contributed by atoms with Gasteiger partial charge in [-0.1, -0.05) is 34.5 Å². The van der Waals surface area contributed by atoms with E-state index in [0.717, 1.165) is 16.1 Å². The third-order valence-corrected chi connectivity index (χ3v) is 4.57. The summed E-state index contributed by atoms with van der Waals surface area (Å²) in [6.07, 6.45) is 3.49. The van der Waals surface area contributed by atoms with Gasteiger partial charge in [0.2, 0.25) is 4.96 Å². The van der Waals surface area contributed by atoms with Gasteiger partial charge < -0.3 is 0 Å². The highest BCUT2D eigenvalue weighted by Gasteiger charge is 2.16. The molecule has 0 unspecified atom stereocenters. The molecule has 0 amide bonds. The van der Waals surface area contributed by atoms with Crippen molar-refractivity contribution in [2.45, 2.75) is 0 Å². The van der Waals surface area contributed by atoms with Crippen molar-refractivity contribution in [1.82, 2.24) is 24.8 Å². The van der Waals surface area contributed by atoms with Crippen LogP contribution in [0.4, 0.5) is 0 Å². The van der Waals surface area contributed by atoms with E-state index in [1.165, 1.54) is 11.3 Å². The lowest BCUT2D eigenvalue weighted by atomic mass is 10.2. The first-order valence-electron chi connectivity index (χ1n) is 6.30. The van der Waals surface area contributed by atoms with Crippen LogP contribution in [-0.2, 0) is 0 Å². The fourth-order valence-corrected chi connectivity index (χ4v) is 3.38. The normalized spacial score (nSPS) is 11.2. The van der Waals surface area contributed by atoms with Crippen molar-refractivity contribution in [2.75, 3.05) is 0 Å². The lowest BCUT2D eigenvalue weighted by Gasteiger charge is -2.01. The molecule has 0 radical (unpaired) electrons. The molecule has 0 bridgehead atoms. The zero-order chi connectivity index (χ0) is 15.1. The van der Waals surface area contributed by atoms with E-state index in [2.05, 4.69) is 20.3 Å². The molecule has 22 heavy (non-hydrogen) atoms. The summed E-state index contributed by atoms with van der Waals surface area (Å²) < 4.78 is 1.68. The van der Waals surface area contributed by atoms with E-state index in [1.54, 1.807) is 29.0 Å². The number of nitrogens with zero attached hydrogens (tertiary/aromatic N) is 5. The Balaban J connectivity index is 1.88. The summed E-state index contributed by atoms with van der Waals surface area (Å²) in [6, 6.07) is 9.07. The van der Waals surface area contributed by atoms with Crippen LogP contribution >= 0.6 is 34.5 Å². The van der Waals surface area contributed by atoms with Crippen molar-refractivity contribution in [2.24, 2.45) is 0 Å². The molecule has 4 rings (SSSR count). The number of aromatic nitrogens is 5. The highest BCUT2D eigenvalue weighted by atomic mass is 35.5. The maximum atomic E-state index is 6.25. The number of rotatable bonds is 2. The second kappa shape index (κ2) is 5.31. The van der Waals surface area contributed by atoms with Gasteiger partial charge in [0.15, 0.2) is 5.82 Å². The lowest BCUT2D eigenvalue weighted by Crippen LogP contribution is -1.92. The maximum absolute atomic E-state index is 6.25. The number of pyridine rings is 1. The van der Waals surface area contributed by atoms with Gasteiger partial charge in [0, 0.05) is 28.5 Å². The second-order valence-electron chi connectivity index (χ2n) is 4.49. The van der Waals surface area contributed by atoms with Gasteiger partial charge in [0.25, 0.3) is 0 Å². The number of hydrogen-bond donors (Lipinski definition) is 0. The summed E-state index contributed by atoms with van der Waals surface area (Å²) in [5.74, 6) is 0.586. The first-order valence-corrected chi connectivity index (χ1v) is 7.88. The molecule has 0 aliphatic carbocycles. The molecule has 0 saturated heterocycles. The highest BCUT2D eigenvalue weighted by molar-refractivity contribution is 7.19. The predicted molar refractivity (Wildman–Crippen MR) is 87.3 cm³/mol. The number of hydrogen-bond acceptors (Lipinski definition) is 5. The maximum Gasteiger partial charge on any atom is 0.235 e. The van der Waals surface area contributed by atoms with Crippen molar-refractivity contribution >= 4 is 39.5 Å². The summed E-state index contributed by atoms with van der Waals surface area (Å²) in [5, 5.41) is 14.8. The quantitative estimate of drug-likeness (QED) is 0.544. The molecule has 3 heterocycles. The van der Waals surface area contributed by atoms with Gasteiger partial charge in [0.05, 0.1) is 5.02 Å². The van der Waals surface area contributed by atoms with Gasteiger partial charge in [-0.3, -0.25) is 4.98 Å². The molecule has 0 spiro atoms. The first-order chi connectivity index (χ1) is 10.7.